The van der Waals surface area contributed by atoms with Crippen molar-refractivity contribution in [2.24, 2.45) is 7.05 Å². The SMILES string of the molecule is C1COC1.Cn1c(CN2CCn3c(nc4cccc(Cc5ccc(Cl)cc5F)c43)C2)nc2ccc(C(=O)O)cc21. The van der Waals surface area contributed by atoms with Crippen molar-refractivity contribution in [1.29, 1.82) is 0 Å². The Labute approximate surface area is 235 Å². The van der Waals surface area contributed by atoms with Crippen molar-refractivity contribution >= 4 is 39.6 Å². The zero-order chi connectivity index (χ0) is 27.8. The van der Waals surface area contributed by atoms with Crippen LogP contribution in [0.3, 0.4) is 0 Å². The Kier molecular flexibility index (Phi) is 7.27. The molecule has 0 aliphatic carbocycles. The first-order chi connectivity index (χ1) is 19.4. The Bertz CT molecular complexity index is 1720. The van der Waals surface area contributed by atoms with Gasteiger partial charge < -0.3 is 19.0 Å². The zero-order valence-corrected chi connectivity index (χ0v) is 22.9. The van der Waals surface area contributed by atoms with E-state index in [1.54, 1.807) is 30.3 Å². The first kappa shape index (κ1) is 26.4. The molecule has 0 radical (unpaired) electrons. The van der Waals surface area contributed by atoms with Crippen LogP contribution in [0.5, 0.6) is 0 Å². The normalized spacial score (nSPS) is 15.0. The predicted octanol–water partition coefficient (Wildman–Crippen LogP) is 5.43. The predicted molar refractivity (Wildman–Crippen MR) is 151 cm³/mol. The molecule has 206 valence electrons. The number of carbonyl (C=O) groups is 1. The maximum Gasteiger partial charge on any atom is 0.335 e. The molecule has 7 rings (SSSR count). The van der Waals surface area contributed by atoms with Crippen molar-refractivity contribution in [1.82, 2.24) is 24.0 Å². The number of hydrogen-bond donors (Lipinski definition) is 1. The van der Waals surface area contributed by atoms with Crippen molar-refractivity contribution < 1.29 is 19.0 Å². The minimum atomic E-state index is -0.951. The second-order valence-electron chi connectivity index (χ2n) is 10.1. The number of carboxylic acid groups (broad SMARTS) is 1. The molecule has 0 unspecified atom stereocenters. The summed E-state index contributed by atoms with van der Waals surface area (Å²) in [6.45, 7) is 4.86. The van der Waals surface area contributed by atoms with Crippen LogP contribution in [0.2, 0.25) is 5.02 Å². The fourth-order valence-corrected chi connectivity index (χ4v) is 5.36. The molecule has 0 spiro atoms. The third kappa shape index (κ3) is 5.20. The molecule has 1 fully saturated rings. The van der Waals surface area contributed by atoms with E-state index >= 15 is 0 Å². The molecule has 0 saturated carbocycles. The average molecular weight is 562 g/mol. The molecule has 40 heavy (non-hydrogen) atoms. The minimum Gasteiger partial charge on any atom is -0.478 e. The molecule has 0 amide bonds. The van der Waals surface area contributed by atoms with Crippen molar-refractivity contribution in [3.8, 4) is 0 Å². The summed E-state index contributed by atoms with van der Waals surface area (Å²) in [7, 11) is 1.91. The summed E-state index contributed by atoms with van der Waals surface area (Å²) >= 11 is 5.93. The van der Waals surface area contributed by atoms with E-state index in [4.69, 9.17) is 26.3 Å². The summed E-state index contributed by atoms with van der Waals surface area (Å²) in [5.41, 5.74) is 5.42. The molecule has 3 aromatic carbocycles. The Morgan fingerprint density at radius 3 is 2.58 bits per heavy atom. The lowest BCUT2D eigenvalue weighted by Gasteiger charge is -2.27. The maximum absolute atomic E-state index is 14.5. The second-order valence-corrected chi connectivity index (χ2v) is 10.6. The van der Waals surface area contributed by atoms with E-state index in [0.717, 1.165) is 65.6 Å². The van der Waals surface area contributed by atoms with Crippen LogP contribution in [0.1, 0.15) is 39.6 Å². The molecule has 5 aromatic rings. The number of nitrogens with zero attached hydrogens (tertiary/aromatic N) is 5. The van der Waals surface area contributed by atoms with E-state index < -0.39 is 5.97 Å². The third-order valence-electron chi connectivity index (χ3n) is 7.49. The van der Waals surface area contributed by atoms with Gasteiger partial charge in [-0.2, -0.15) is 0 Å². The number of fused-ring (bicyclic) bond motifs is 4. The highest BCUT2D eigenvalue weighted by molar-refractivity contribution is 6.30. The standard InChI is InChI=1S/C27H23ClFN5O2.C3H6O/c1-32-23-12-18(27(35)36)6-8-21(23)30-24(32)14-33-9-10-34-25(15-33)31-22-4-2-3-17(26(22)34)11-16-5-7-19(28)13-20(16)29;1-2-4-3-1/h2-8,12-13H,9-11,14-15H2,1H3,(H,35,36);1-3H2. The number of aryl methyl sites for hydroxylation is 1. The van der Waals surface area contributed by atoms with Crippen molar-refractivity contribution in [2.75, 3.05) is 19.8 Å². The van der Waals surface area contributed by atoms with Gasteiger partial charge in [0.25, 0.3) is 0 Å². The second kappa shape index (κ2) is 11.0. The van der Waals surface area contributed by atoms with E-state index in [1.807, 2.05) is 29.8 Å². The highest BCUT2D eigenvalue weighted by Gasteiger charge is 2.23. The quantitative estimate of drug-likeness (QED) is 0.308. The fraction of sp³-hybridized carbons (Fsp3) is 0.300. The number of aromatic nitrogens is 4. The van der Waals surface area contributed by atoms with Crippen LogP contribution in [-0.2, 0) is 37.8 Å². The summed E-state index contributed by atoms with van der Waals surface area (Å²) in [6, 6.07) is 15.8. The van der Waals surface area contributed by atoms with Crippen LogP contribution in [0.4, 0.5) is 4.39 Å². The van der Waals surface area contributed by atoms with E-state index in [-0.39, 0.29) is 11.4 Å². The Balaban J connectivity index is 0.000000666. The van der Waals surface area contributed by atoms with Gasteiger partial charge >= 0.3 is 5.97 Å². The van der Waals surface area contributed by atoms with Crippen LogP contribution in [0.15, 0.2) is 54.6 Å². The molecule has 0 bridgehead atoms. The zero-order valence-electron chi connectivity index (χ0n) is 22.1. The van der Waals surface area contributed by atoms with Crippen LogP contribution >= 0.6 is 11.6 Å². The van der Waals surface area contributed by atoms with Crippen molar-refractivity contribution in [3.05, 3.63) is 93.8 Å². The first-order valence-corrected chi connectivity index (χ1v) is 13.6. The summed E-state index contributed by atoms with van der Waals surface area (Å²) in [4.78, 5) is 23.3. The first-order valence-electron chi connectivity index (χ1n) is 13.3. The van der Waals surface area contributed by atoms with E-state index in [1.165, 1.54) is 12.5 Å². The Morgan fingerprint density at radius 1 is 1.05 bits per heavy atom. The number of rotatable bonds is 5. The molecule has 2 aliphatic heterocycles. The summed E-state index contributed by atoms with van der Waals surface area (Å²) in [5.74, 6) is 0.581. The number of halogens is 2. The lowest BCUT2D eigenvalue weighted by molar-refractivity contribution is 0.0367. The van der Waals surface area contributed by atoms with Gasteiger partial charge in [0.2, 0.25) is 0 Å². The molecular formula is C30H29ClFN5O3. The molecule has 1 N–H and O–H groups in total. The van der Waals surface area contributed by atoms with E-state index in [0.29, 0.717) is 30.1 Å². The minimum absolute atomic E-state index is 0.248. The molecule has 2 aliphatic rings. The number of para-hydroxylation sites is 1. The number of aromatic carboxylic acids is 1. The van der Waals surface area contributed by atoms with Gasteiger partial charge in [-0.3, -0.25) is 4.90 Å². The Hall–Kier alpha value is -3.79. The lowest BCUT2D eigenvalue weighted by Crippen LogP contribution is -2.34. The summed E-state index contributed by atoms with van der Waals surface area (Å²) in [5, 5.41) is 9.70. The number of benzene rings is 3. The number of carboxylic acids is 1. The average Bonchev–Trinajstić information content (AvgIpc) is 3.41. The van der Waals surface area contributed by atoms with Gasteiger partial charge in [0.1, 0.15) is 17.5 Å². The van der Waals surface area contributed by atoms with Crippen LogP contribution < -0.4 is 0 Å². The van der Waals surface area contributed by atoms with Gasteiger partial charge in [0.05, 0.1) is 40.7 Å². The molecule has 0 atom stereocenters. The molecule has 8 nitrogen and oxygen atoms in total. The highest BCUT2D eigenvalue weighted by Crippen LogP contribution is 2.28. The van der Waals surface area contributed by atoms with E-state index in [9.17, 15) is 14.3 Å². The monoisotopic (exact) mass is 561 g/mol. The lowest BCUT2D eigenvalue weighted by atomic mass is 10.0. The topological polar surface area (TPSA) is 85.4 Å². The van der Waals surface area contributed by atoms with Gasteiger partial charge in [0, 0.05) is 44.8 Å². The van der Waals surface area contributed by atoms with Gasteiger partial charge in [-0.05, 0) is 53.9 Å². The van der Waals surface area contributed by atoms with Crippen LogP contribution in [-0.4, -0.2) is 54.8 Å². The molecule has 2 aromatic heterocycles. The van der Waals surface area contributed by atoms with Gasteiger partial charge in [-0.1, -0.05) is 29.8 Å². The molecule has 4 heterocycles. The smallest absolute Gasteiger partial charge is 0.335 e. The summed E-state index contributed by atoms with van der Waals surface area (Å²) < 4.78 is 23.4. The molecule has 10 heteroatoms. The van der Waals surface area contributed by atoms with Crippen LogP contribution in [0.25, 0.3) is 22.1 Å². The fourth-order valence-electron chi connectivity index (χ4n) is 5.20. The van der Waals surface area contributed by atoms with Gasteiger partial charge in [0.15, 0.2) is 0 Å². The van der Waals surface area contributed by atoms with E-state index in [2.05, 4.69) is 9.47 Å². The van der Waals surface area contributed by atoms with Gasteiger partial charge in [-0.15, -0.1) is 0 Å². The summed E-state index contributed by atoms with van der Waals surface area (Å²) in [6.07, 6.45) is 1.74. The van der Waals surface area contributed by atoms with Gasteiger partial charge in [-0.25, -0.2) is 19.2 Å². The third-order valence-corrected chi connectivity index (χ3v) is 7.73. The number of ether oxygens (including phenoxy) is 1. The van der Waals surface area contributed by atoms with Crippen molar-refractivity contribution in [3.63, 3.8) is 0 Å². The molecule has 1 saturated heterocycles. The maximum atomic E-state index is 14.5. The van der Waals surface area contributed by atoms with Crippen molar-refractivity contribution in [2.45, 2.75) is 32.5 Å². The number of imidazole rings is 2. The molecular weight excluding hydrogens is 533 g/mol. The highest BCUT2D eigenvalue weighted by atomic mass is 35.5. The Morgan fingerprint density at radius 2 is 1.85 bits per heavy atom. The van der Waals surface area contributed by atoms with Crippen LogP contribution in [0, 0.1) is 5.82 Å². The largest absolute Gasteiger partial charge is 0.478 e. The number of hydrogen-bond acceptors (Lipinski definition) is 5.